The summed E-state index contributed by atoms with van der Waals surface area (Å²) < 4.78 is 20.8. The van der Waals surface area contributed by atoms with E-state index in [-0.39, 0.29) is 21.1 Å². The number of fused-ring (bicyclic) bond motifs is 1. The van der Waals surface area contributed by atoms with Gasteiger partial charge in [-0.25, -0.2) is 19.2 Å². The maximum absolute atomic E-state index is 15.1. The monoisotopic (exact) mass is 530 g/mol. The first-order chi connectivity index (χ1) is 14.9. The Bertz CT molecular complexity index is 1010. The molecule has 11 heteroatoms. The molecular formula is C21H29BrClFN6O2. The Kier molecular flexibility index (Phi) is 7.36. The summed E-state index contributed by atoms with van der Waals surface area (Å²) in [6.45, 7) is 10.1. The number of hydrogen-bond donors (Lipinski definition) is 0. The Morgan fingerprint density at radius 2 is 1.88 bits per heavy atom. The number of benzene rings is 1. The maximum atomic E-state index is 15.1. The van der Waals surface area contributed by atoms with E-state index in [0.717, 1.165) is 0 Å². The van der Waals surface area contributed by atoms with Crippen molar-refractivity contribution in [2.75, 3.05) is 56.7 Å². The highest BCUT2D eigenvalue weighted by Crippen LogP contribution is 2.36. The lowest BCUT2D eigenvalue weighted by molar-refractivity contribution is 0.0240. The minimum absolute atomic E-state index is 0.171. The fourth-order valence-corrected chi connectivity index (χ4v) is 4.03. The summed E-state index contributed by atoms with van der Waals surface area (Å²) >= 11 is 9.47. The highest BCUT2D eigenvalue weighted by atomic mass is 79.9. The standard InChI is InChI=1S/C21H29BrClFN6O2/c1-7-30(27(5)6)19-25-17-13(12-14(23)15(22)16(17)24)18(26-19)28-8-10-29(11-9-28)20(31)32-21(2,3)4/h12H,7-11H2,1-6H3. The number of ether oxygens (including phenoxy) is 1. The minimum atomic E-state index is -0.552. The summed E-state index contributed by atoms with van der Waals surface area (Å²) in [5.41, 5.74) is -0.361. The van der Waals surface area contributed by atoms with Gasteiger partial charge >= 0.3 is 6.09 Å². The van der Waals surface area contributed by atoms with E-state index in [1.54, 1.807) is 11.0 Å². The lowest BCUT2D eigenvalue weighted by Gasteiger charge is -2.37. The van der Waals surface area contributed by atoms with Gasteiger partial charge in [0.2, 0.25) is 5.95 Å². The van der Waals surface area contributed by atoms with Crippen molar-refractivity contribution in [3.63, 3.8) is 0 Å². The fourth-order valence-electron chi connectivity index (χ4n) is 3.53. The van der Waals surface area contributed by atoms with Gasteiger partial charge in [0, 0.05) is 52.2 Å². The lowest BCUT2D eigenvalue weighted by Crippen LogP contribution is -2.50. The highest BCUT2D eigenvalue weighted by molar-refractivity contribution is 9.10. The molecule has 0 spiro atoms. The van der Waals surface area contributed by atoms with Gasteiger partial charge in [-0.3, -0.25) is 5.01 Å². The molecule has 0 radical (unpaired) electrons. The van der Waals surface area contributed by atoms with Crippen LogP contribution in [-0.4, -0.2) is 78.4 Å². The van der Waals surface area contributed by atoms with Crippen LogP contribution in [0.4, 0.5) is 21.0 Å². The van der Waals surface area contributed by atoms with Gasteiger partial charge in [0.15, 0.2) is 5.82 Å². The van der Waals surface area contributed by atoms with E-state index in [1.165, 1.54) is 0 Å². The van der Waals surface area contributed by atoms with Gasteiger partial charge in [-0.05, 0) is 49.7 Å². The van der Waals surface area contributed by atoms with E-state index < -0.39 is 11.4 Å². The second-order valence-electron chi connectivity index (χ2n) is 8.75. The number of carbonyl (C=O) groups excluding carboxylic acids is 1. The van der Waals surface area contributed by atoms with Gasteiger partial charge < -0.3 is 14.5 Å². The lowest BCUT2D eigenvalue weighted by atomic mass is 10.2. The van der Waals surface area contributed by atoms with Crippen molar-refractivity contribution in [2.24, 2.45) is 0 Å². The van der Waals surface area contributed by atoms with Crippen molar-refractivity contribution >= 4 is 56.3 Å². The normalized spacial score (nSPS) is 14.9. The third-order valence-electron chi connectivity index (χ3n) is 5.04. The highest BCUT2D eigenvalue weighted by Gasteiger charge is 2.29. The van der Waals surface area contributed by atoms with Crippen molar-refractivity contribution in [3.05, 3.63) is 21.4 Å². The van der Waals surface area contributed by atoms with Crippen molar-refractivity contribution in [1.29, 1.82) is 0 Å². The first-order valence-electron chi connectivity index (χ1n) is 10.5. The zero-order valence-corrected chi connectivity index (χ0v) is 21.6. The molecule has 1 amide bonds. The maximum Gasteiger partial charge on any atom is 0.410 e. The predicted octanol–water partition coefficient (Wildman–Crippen LogP) is 4.54. The second kappa shape index (κ2) is 9.52. The van der Waals surface area contributed by atoms with Crippen molar-refractivity contribution in [3.8, 4) is 0 Å². The molecule has 2 aromatic rings. The third-order valence-corrected chi connectivity index (χ3v) is 6.34. The van der Waals surface area contributed by atoms with Crippen LogP contribution in [-0.2, 0) is 4.74 Å². The van der Waals surface area contributed by atoms with Crippen LogP contribution in [0.1, 0.15) is 27.7 Å². The number of aromatic nitrogens is 2. The summed E-state index contributed by atoms with van der Waals surface area (Å²) in [7, 11) is 3.76. The molecule has 3 rings (SSSR count). The average Bonchev–Trinajstić information content (AvgIpc) is 2.71. The van der Waals surface area contributed by atoms with Gasteiger partial charge in [-0.15, -0.1) is 0 Å². The van der Waals surface area contributed by atoms with E-state index >= 15 is 4.39 Å². The molecule has 1 aromatic carbocycles. The van der Waals surface area contributed by atoms with E-state index in [2.05, 4.69) is 20.9 Å². The van der Waals surface area contributed by atoms with E-state index in [0.29, 0.717) is 49.9 Å². The Hall–Kier alpha value is -1.91. The number of carbonyl (C=O) groups is 1. The fraction of sp³-hybridized carbons (Fsp3) is 0.571. The number of anilines is 2. The molecule has 0 atom stereocenters. The molecule has 1 aliphatic rings. The summed E-state index contributed by atoms with van der Waals surface area (Å²) in [5, 5.41) is 4.48. The van der Waals surface area contributed by atoms with Crippen molar-refractivity contribution in [2.45, 2.75) is 33.3 Å². The van der Waals surface area contributed by atoms with Gasteiger partial charge in [-0.1, -0.05) is 11.6 Å². The van der Waals surface area contributed by atoms with Crippen LogP contribution in [0.25, 0.3) is 10.9 Å². The number of piperazine rings is 1. The third kappa shape index (κ3) is 5.18. The smallest absolute Gasteiger partial charge is 0.410 e. The number of hydrogen-bond acceptors (Lipinski definition) is 7. The van der Waals surface area contributed by atoms with Gasteiger partial charge in [0.05, 0.1) is 9.50 Å². The molecular weight excluding hydrogens is 503 g/mol. The molecule has 1 aromatic heterocycles. The van der Waals surface area contributed by atoms with Crippen LogP contribution in [0.5, 0.6) is 0 Å². The van der Waals surface area contributed by atoms with Crippen LogP contribution < -0.4 is 9.91 Å². The molecule has 1 saturated heterocycles. The van der Waals surface area contributed by atoms with Crippen LogP contribution >= 0.6 is 27.5 Å². The molecule has 0 unspecified atom stereocenters. The number of rotatable bonds is 4. The van der Waals surface area contributed by atoms with E-state index in [9.17, 15) is 4.79 Å². The van der Waals surface area contributed by atoms with Gasteiger partial charge in [-0.2, -0.15) is 4.98 Å². The van der Waals surface area contributed by atoms with Gasteiger partial charge in [0.1, 0.15) is 16.9 Å². The largest absolute Gasteiger partial charge is 0.444 e. The number of amides is 1. The summed E-state index contributed by atoms with van der Waals surface area (Å²) in [6.07, 6.45) is -0.340. The van der Waals surface area contributed by atoms with E-state index in [1.807, 2.05) is 56.7 Å². The van der Waals surface area contributed by atoms with Crippen molar-refractivity contribution < 1.29 is 13.9 Å². The molecule has 0 saturated carbocycles. The van der Waals surface area contributed by atoms with Gasteiger partial charge in [0.25, 0.3) is 0 Å². The summed E-state index contributed by atoms with van der Waals surface area (Å²) in [4.78, 5) is 25.4. The zero-order valence-electron chi connectivity index (χ0n) is 19.2. The predicted molar refractivity (Wildman–Crippen MR) is 129 cm³/mol. The molecule has 1 aliphatic heterocycles. The van der Waals surface area contributed by atoms with Crippen LogP contribution in [0.3, 0.4) is 0 Å². The van der Waals surface area contributed by atoms with Crippen molar-refractivity contribution in [1.82, 2.24) is 19.9 Å². The van der Waals surface area contributed by atoms with Crippen LogP contribution in [0.2, 0.25) is 5.02 Å². The Morgan fingerprint density at radius 3 is 2.41 bits per heavy atom. The number of nitrogens with zero attached hydrogens (tertiary/aromatic N) is 6. The molecule has 176 valence electrons. The molecule has 1 fully saturated rings. The second-order valence-corrected chi connectivity index (χ2v) is 9.95. The average molecular weight is 532 g/mol. The Balaban J connectivity index is 1.99. The summed E-state index contributed by atoms with van der Waals surface area (Å²) in [6, 6.07) is 1.68. The molecule has 2 heterocycles. The molecule has 32 heavy (non-hydrogen) atoms. The number of halogens is 3. The topological polar surface area (TPSA) is 65.0 Å². The summed E-state index contributed by atoms with van der Waals surface area (Å²) in [5.74, 6) is 0.449. The Morgan fingerprint density at radius 1 is 1.25 bits per heavy atom. The first-order valence-corrected chi connectivity index (χ1v) is 11.6. The number of hydrazine groups is 1. The molecule has 0 bridgehead atoms. The molecule has 0 N–H and O–H groups in total. The zero-order chi connectivity index (χ0) is 23.8. The molecule has 0 aliphatic carbocycles. The minimum Gasteiger partial charge on any atom is -0.444 e. The van der Waals surface area contributed by atoms with Crippen LogP contribution in [0.15, 0.2) is 10.5 Å². The van der Waals surface area contributed by atoms with Crippen LogP contribution in [0, 0.1) is 5.82 Å². The first kappa shape index (κ1) is 24.7. The SMILES string of the molecule is CCN(c1nc(N2CCN(C(=O)OC(C)(C)C)CC2)c2cc(Cl)c(Br)c(F)c2n1)N(C)C. The molecule has 8 nitrogen and oxygen atoms in total. The Labute approximate surface area is 201 Å². The quantitative estimate of drug-likeness (QED) is 0.424. The van der Waals surface area contributed by atoms with E-state index in [4.69, 9.17) is 21.3 Å².